The third-order valence-electron chi connectivity index (χ3n) is 3.74. The number of aromatic nitrogens is 3. The fraction of sp³-hybridized carbons (Fsp3) is 0.167. The zero-order valence-electron chi connectivity index (χ0n) is 14.3. The van der Waals surface area contributed by atoms with Crippen LogP contribution < -0.4 is 5.32 Å². The van der Waals surface area contributed by atoms with Gasteiger partial charge in [-0.25, -0.2) is 9.67 Å². The molecule has 9 heteroatoms. The number of non-ortho nitro benzene ring substituents is 1. The van der Waals surface area contributed by atoms with Crippen molar-refractivity contribution in [2.45, 2.75) is 18.0 Å². The number of rotatable bonds is 8. The Bertz CT molecular complexity index is 896. The van der Waals surface area contributed by atoms with Gasteiger partial charge in [0.2, 0.25) is 5.91 Å². The normalized spacial score (nSPS) is 10.5. The van der Waals surface area contributed by atoms with E-state index < -0.39 is 4.92 Å². The Morgan fingerprint density at radius 1 is 1.11 bits per heavy atom. The topological polar surface area (TPSA) is 103 Å². The van der Waals surface area contributed by atoms with Crippen LogP contribution in [0.4, 0.5) is 5.69 Å². The van der Waals surface area contributed by atoms with Crippen LogP contribution >= 0.6 is 11.8 Å². The summed E-state index contributed by atoms with van der Waals surface area (Å²) in [6.45, 7) is 1.10. The highest BCUT2D eigenvalue weighted by atomic mass is 32.2. The van der Waals surface area contributed by atoms with Crippen molar-refractivity contribution in [3.8, 4) is 0 Å². The zero-order chi connectivity index (χ0) is 19.1. The molecule has 0 aliphatic rings. The number of nitrogens with one attached hydrogen (secondary N) is 1. The van der Waals surface area contributed by atoms with Crippen LogP contribution in [0.2, 0.25) is 0 Å². The Kier molecular flexibility index (Phi) is 6.16. The fourth-order valence-corrected chi connectivity index (χ4v) is 3.06. The smallest absolute Gasteiger partial charge is 0.269 e. The minimum Gasteiger partial charge on any atom is -0.351 e. The second-order valence-corrected chi connectivity index (χ2v) is 6.77. The van der Waals surface area contributed by atoms with Crippen LogP contribution in [0.15, 0.2) is 66.1 Å². The molecule has 0 spiro atoms. The first kappa shape index (κ1) is 18.6. The molecule has 2 aromatic carbocycles. The Labute approximate surface area is 159 Å². The highest BCUT2D eigenvalue weighted by molar-refractivity contribution is 8.00. The summed E-state index contributed by atoms with van der Waals surface area (Å²) in [5.41, 5.74) is 2.14. The highest BCUT2D eigenvalue weighted by Crippen LogP contribution is 2.21. The van der Waals surface area contributed by atoms with E-state index in [2.05, 4.69) is 15.4 Å². The molecular formula is C18H17N5O3S. The predicted molar refractivity (Wildman–Crippen MR) is 101 cm³/mol. The van der Waals surface area contributed by atoms with Gasteiger partial charge in [-0.2, -0.15) is 5.10 Å². The van der Waals surface area contributed by atoms with Gasteiger partial charge in [-0.1, -0.05) is 24.3 Å². The molecular weight excluding hydrogens is 366 g/mol. The van der Waals surface area contributed by atoms with Crippen molar-refractivity contribution in [1.82, 2.24) is 20.1 Å². The summed E-state index contributed by atoms with van der Waals surface area (Å²) in [5, 5.41) is 17.6. The van der Waals surface area contributed by atoms with E-state index in [1.807, 2.05) is 24.3 Å². The molecule has 0 saturated heterocycles. The SMILES string of the molecule is O=C(CSc1ccc([N+](=O)[O-])cc1)NCc1ccc(Cn2cncn2)cc1. The Morgan fingerprint density at radius 3 is 2.44 bits per heavy atom. The lowest BCUT2D eigenvalue weighted by Gasteiger charge is -2.07. The maximum atomic E-state index is 12.0. The Hall–Kier alpha value is -3.20. The number of hydrogen-bond acceptors (Lipinski definition) is 6. The number of benzene rings is 2. The van der Waals surface area contributed by atoms with Crippen molar-refractivity contribution in [2.24, 2.45) is 0 Å². The largest absolute Gasteiger partial charge is 0.351 e. The molecule has 0 unspecified atom stereocenters. The third-order valence-corrected chi connectivity index (χ3v) is 4.75. The lowest BCUT2D eigenvalue weighted by atomic mass is 10.1. The molecule has 3 rings (SSSR count). The van der Waals surface area contributed by atoms with Crippen LogP contribution in [-0.2, 0) is 17.9 Å². The van der Waals surface area contributed by atoms with E-state index in [1.54, 1.807) is 23.1 Å². The van der Waals surface area contributed by atoms with Crippen molar-refractivity contribution in [3.05, 3.63) is 82.4 Å². The number of amides is 1. The van der Waals surface area contributed by atoms with Gasteiger partial charge in [0.15, 0.2) is 0 Å². The molecule has 1 heterocycles. The molecule has 27 heavy (non-hydrogen) atoms. The number of nitro benzene ring substituents is 1. The van der Waals surface area contributed by atoms with Gasteiger partial charge in [0.05, 0.1) is 17.2 Å². The molecule has 8 nitrogen and oxygen atoms in total. The maximum absolute atomic E-state index is 12.0. The minimum absolute atomic E-state index is 0.0380. The lowest BCUT2D eigenvalue weighted by molar-refractivity contribution is -0.384. The summed E-state index contributed by atoms with van der Waals surface area (Å²) < 4.78 is 1.74. The number of nitro groups is 1. The van der Waals surface area contributed by atoms with Gasteiger partial charge in [0.1, 0.15) is 12.7 Å². The first-order chi connectivity index (χ1) is 13.1. The summed E-state index contributed by atoms with van der Waals surface area (Å²) in [6, 6.07) is 14.1. The number of hydrogen-bond donors (Lipinski definition) is 1. The minimum atomic E-state index is -0.446. The van der Waals surface area contributed by atoms with E-state index >= 15 is 0 Å². The number of carbonyl (C=O) groups is 1. The number of thioether (sulfide) groups is 1. The summed E-state index contributed by atoms with van der Waals surface area (Å²) in [7, 11) is 0. The van der Waals surface area contributed by atoms with Crippen LogP contribution in [-0.4, -0.2) is 31.3 Å². The summed E-state index contributed by atoms with van der Waals surface area (Å²) >= 11 is 1.34. The zero-order valence-corrected chi connectivity index (χ0v) is 15.1. The molecule has 1 aromatic heterocycles. The van der Waals surface area contributed by atoms with E-state index in [-0.39, 0.29) is 17.3 Å². The van der Waals surface area contributed by atoms with Gasteiger partial charge in [-0.3, -0.25) is 14.9 Å². The van der Waals surface area contributed by atoms with E-state index in [1.165, 1.54) is 30.2 Å². The lowest BCUT2D eigenvalue weighted by Crippen LogP contribution is -2.24. The van der Waals surface area contributed by atoms with E-state index in [0.29, 0.717) is 13.1 Å². The van der Waals surface area contributed by atoms with Crippen molar-refractivity contribution in [3.63, 3.8) is 0 Å². The standard InChI is InChI=1S/C18H17N5O3S/c24-18(11-27-17-7-5-16(6-8-17)23(25)26)20-9-14-1-3-15(4-2-14)10-22-13-19-12-21-22/h1-8,12-13H,9-11H2,(H,20,24). The molecule has 0 radical (unpaired) electrons. The molecule has 0 bridgehead atoms. The summed E-state index contributed by atoms with van der Waals surface area (Å²) in [6.07, 6.45) is 3.16. The van der Waals surface area contributed by atoms with Crippen LogP contribution in [0.3, 0.4) is 0 Å². The van der Waals surface area contributed by atoms with Crippen LogP contribution in [0.1, 0.15) is 11.1 Å². The molecule has 0 atom stereocenters. The Morgan fingerprint density at radius 2 is 1.81 bits per heavy atom. The third kappa shape index (κ3) is 5.65. The van der Waals surface area contributed by atoms with Crippen LogP contribution in [0.25, 0.3) is 0 Å². The van der Waals surface area contributed by atoms with Gasteiger partial charge < -0.3 is 5.32 Å². The molecule has 138 valence electrons. The molecule has 1 amide bonds. The second kappa shape index (κ2) is 8.95. The average molecular weight is 383 g/mol. The van der Waals surface area contributed by atoms with Gasteiger partial charge in [0, 0.05) is 23.6 Å². The van der Waals surface area contributed by atoms with E-state index in [9.17, 15) is 14.9 Å². The highest BCUT2D eigenvalue weighted by Gasteiger charge is 2.07. The van der Waals surface area contributed by atoms with Crippen molar-refractivity contribution in [2.75, 3.05) is 5.75 Å². The predicted octanol–water partition coefficient (Wildman–Crippen LogP) is 2.64. The Balaban J connectivity index is 1.42. The monoisotopic (exact) mass is 383 g/mol. The number of nitrogens with zero attached hydrogens (tertiary/aromatic N) is 4. The maximum Gasteiger partial charge on any atom is 0.269 e. The first-order valence-corrected chi connectivity index (χ1v) is 9.13. The summed E-state index contributed by atoms with van der Waals surface area (Å²) in [5.74, 6) is 0.160. The molecule has 0 fully saturated rings. The molecule has 1 N–H and O–H groups in total. The van der Waals surface area contributed by atoms with Crippen LogP contribution in [0, 0.1) is 10.1 Å². The van der Waals surface area contributed by atoms with Gasteiger partial charge in [0.25, 0.3) is 5.69 Å². The molecule has 0 saturated carbocycles. The summed E-state index contributed by atoms with van der Waals surface area (Å²) in [4.78, 5) is 26.9. The second-order valence-electron chi connectivity index (χ2n) is 5.73. The van der Waals surface area contributed by atoms with Gasteiger partial charge >= 0.3 is 0 Å². The quantitative estimate of drug-likeness (QED) is 0.364. The van der Waals surface area contributed by atoms with Crippen molar-refractivity contribution >= 4 is 23.4 Å². The first-order valence-electron chi connectivity index (χ1n) is 8.14. The van der Waals surface area contributed by atoms with E-state index in [4.69, 9.17) is 0 Å². The van der Waals surface area contributed by atoms with Crippen LogP contribution in [0.5, 0.6) is 0 Å². The molecule has 0 aliphatic heterocycles. The van der Waals surface area contributed by atoms with Crippen molar-refractivity contribution < 1.29 is 9.72 Å². The molecule has 0 aliphatic carbocycles. The van der Waals surface area contributed by atoms with Crippen molar-refractivity contribution in [1.29, 1.82) is 0 Å². The van der Waals surface area contributed by atoms with Gasteiger partial charge in [-0.05, 0) is 23.3 Å². The number of carbonyl (C=O) groups excluding carboxylic acids is 1. The van der Waals surface area contributed by atoms with Gasteiger partial charge in [-0.15, -0.1) is 11.8 Å². The average Bonchev–Trinajstić information content (AvgIpc) is 3.19. The van der Waals surface area contributed by atoms with E-state index in [0.717, 1.165) is 16.0 Å². The fourth-order valence-electron chi connectivity index (χ4n) is 2.33. The molecule has 3 aromatic rings.